The Morgan fingerprint density at radius 3 is 1.95 bits per heavy atom. The number of amides is 2. The van der Waals surface area contributed by atoms with Gasteiger partial charge in [0, 0.05) is 46.1 Å². The van der Waals surface area contributed by atoms with E-state index >= 15 is 0 Å². The number of aryl methyl sites for hydroxylation is 2. The molecule has 0 bridgehead atoms. The zero-order valence-electron chi connectivity index (χ0n) is 25.0. The first kappa shape index (κ1) is 32.4. The average Bonchev–Trinajstić information content (AvgIpc) is 3.22. The summed E-state index contributed by atoms with van der Waals surface area (Å²) in [7, 11) is 5.21. The van der Waals surface area contributed by atoms with Gasteiger partial charge >= 0.3 is 0 Å². The number of hydrogen-bond acceptors (Lipinski definition) is 4. The van der Waals surface area contributed by atoms with Crippen LogP contribution in [0, 0.1) is 6.92 Å². The number of nitrogens with zero attached hydrogens (tertiary/aromatic N) is 3. The summed E-state index contributed by atoms with van der Waals surface area (Å²) in [5.74, 6) is 0.772. The number of ether oxygens (including phenoxy) is 1. The summed E-state index contributed by atoms with van der Waals surface area (Å²) in [5, 5.41) is 0.963. The van der Waals surface area contributed by atoms with Crippen molar-refractivity contribution in [1.29, 1.82) is 0 Å². The average molecular weight is 524 g/mol. The second kappa shape index (κ2) is 15.0. The Morgan fingerprint density at radius 1 is 0.947 bits per heavy atom. The van der Waals surface area contributed by atoms with Gasteiger partial charge in [-0.1, -0.05) is 43.7 Å². The Hall–Kier alpha value is -3.61. The van der Waals surface area contributed by atoms with Gasteiger partial charge in [-0.05, 0) is 52.3 Å². The van der Waals surface area contributed by atoms with Crippen molar-refractivity contribution in [3.05, 3.63) is 53.6 Å². The molecule has 0 fully saturated rings. The highest BCUT2D eigenvalue weighted by Gasteiger charge is 2.24. The van der Waals surface area contributed by atoms with Crippen molar-refractivity contribution in [3.63, 3.8) is 0 Å². The van der Waals surface area contributed by atoms with Crippen LogP contribution in [0.25, 0.3) is 22.2 Å². The standard InChI is InChI=1S/C22H26N2O2.C7H13NO2.C2H6/c1-6-24-19-14-17(26-7-2)12-13-18(19)20(22(25)23(4)5)21(24)16-10-8-15(3)9-11-16;1-5(6(2)9)8(4)7(3)10;1-2/h8-14H,6-7H2,1-5H3;5H,1-4H3;1-2H3. The van der Waals surface area contributed by atoms with Gasteiger partial charge in [0.1, 0.15) is 5.75 Å². The summed E-state index contributed by atoms with van der Waals surface area (Å²) >= 11 is 0. The summed E-state index contributed by atoms with van der Waals surface area (Å²) in [4.78, 5) is 37.5. The zero-order valence-corrected chi connectivity index (χ0v) is 25.0. The first-order chi connectivity index (χ1) is 17.9. The van der Waals surface area contributed by atoms with Crippen LogP contribution in [0.15, 0.2) is 42.5 Å². The number of ketones is 1. The molecule has 0 aliphatic heterocycles. The van der Waals surface area contributed by atoms with E-state index < -0.39 is 0 Å². The molecule has 7 heteroatoms. The normalized spacial score (nSPS) is 10.9. The predicted octanol–water partition coefficient (Wildman–Crippen LogP) is 6.21. The van der Waals surface area contributed by atoms with Crippen molar-refractivity contribution in [1.82, 2.24) is 14.4 Å². The van der Waals surface area contributed by atoms with Gasteiger partial charge in [-0.3, -0.25) is 14.4 Å². The van der Waals surface area contributed by atoms with Crippen molar-refractivity contribution < 1.29 is 19.1 Å². The maximum Gasteiger partial charge on any atom is 0.256 e. The van der Waals surface area contributed by atoms with Crippen LogP contribution in [-0.2, 0) is 16.1 Å². The molecular formula is C31H45N3O4. The van der Waals surface area contributed by atoms with Crippen LogP contribution in [-0.4, -0.2) is 65.8 Å². The highest BCUT2D eigenvalue weighted by atomic mass is 16.5. The molecule has 1 aromatic heterocycles. The van der Waals surface area contributed by atoms with E-state index in [-0.39, 0.29) is 23.6 Å². The highest BCUT2D eigenvalue weighted by Crippen LogP contribution is 2.36. The molecular weight excluding hydrogens is 478 g/mol. The second-order valence-corrected chi connectivity index (χ2v) is 9.06. The first-order valence-electron chi connectivity index (χ1n) is 13.3. The van der Waals surface area contributed by atoms with E-state index in [9.17, 15) is 14.4 Å². The Balaban J connectivity index is 0.000000510. The molecule has 7 nitrogen and oxygen atoms in total. The van der Waals surface area contributed by atoms with Crippen LogP contribution in [0.5, 0.6) is 5.75 Å². The lowest BCUT2D eigenvalue weighted by atomic mass is 10.0. The van der Waals surface area contributed by atoms with E-state index in [1.54, 1.807) is 33.0 Å². The molecule has 0 N–H and O–H groups in total. The molecule has 1 atom stereocenters. The van der Waals surface area contributed by atoms with Crippen molar-refractivity contribution >= 4 is 28.5 Å². The quantitative estimate of drug-likeness (QED) is 0.369. The molecule has 3 aromatic rings. The SMILES string of the molecule is CC.CC(=O)C(C)N(C)C(C)=O.CCOc1ccc2c(C(=O)N(C)C)c(-c3ccc(C)cc3)n(CC)c2c1. The molecule has 0 aliphatic rings. The molecule has 2 amide bonds. The highest BCUT2D eigenvalue weighted by molar-refractivity contribution is 6.13. The summed E-state index contributed by atoms with van der Waals surface area (Å²) in [6, 6.07) is 14.0. The summed E-state index contributed by atoms with van der Waals surface area (Å²) in [6.45, 7) is 16.2. The lowest BCUT2D eigenvalue weighted by molar-refractivity contribution is -0.135. The number of carbonyl (C=O) groups is 3. The number of rotatable bonds is 7. The number of aromatic nitrogens is 1. The van der Waals surface area contributed by atoms with E-state index in [1.807, 2.05) is 39.0 Å². The third-order valence-electron chi connectivity index (χ3n) is 6.27. The molecule has 208 valence electrons. The van der Waals surface area contributed by atoms with Gasteiger partial charge in [0.2, 0.25) is 5.91 Å². The van der Waals surface area contributed by atoms with Gasteiger partial charge in [-0.15, -0.1) is 0 Å². The monoisotopic (exact) mass is 523 g/mol. The number of carbonyl (C=O) groups excluding carboxylic acids is 3. The maximum absolute atomic E-state index is 13.0. The molecule has 1 unspecified atom stereocenters. The van der Waals surface area contributed by atoms with E-state index in [0.29, 0.717) is 6.61 Å². The number of Topliss-reactive ketones (excluding diaryl/α,β-unsaturated/α-hetero) is 1. The second-order valence-electron chi connectivity index (χ2n) is 9.06. The first-order valence-corrected chi connectivity index (χ1v) is 13.3. The minimum Gasteiger partial charge on any atom is -0.494 e. The van der Waals surface area contributed by atoms with Crippen LogP contribution in [0.1, 0.15) is 64.4 Å². The zero-order chi connectivity index (χ0) is 29.2. The van der Waals surface area contributed by atoms with Crippen molar-refractivity contribution in [2.45, 2.75) is 68.0 Å². The van der Waals surface area contributed by atoms with Crippen LogP contribution >= 0.6 is 0 Å². The lowest BCUT2D eigenvalue weighted by Crippen LogP contribution is -2.37. The Bertz CT molecular complexity index is 1210. The smallest absolute Gasteiger partial charge is 0.256 e. The minimum atomic E-state index is -0.294. The fraction of sp³-hybridized carbons (Fsp3) is 0.452. The van der Waals surface area contributed by atoms with Gasteiger partial charge in [0.05, 0.1) is 29.4 Å². The number of likely N-dealkylation sites (N-methyl/N-ethyl adjacent to an activating group) is 1. The molecule has 3 rings (SSSR count). The number of fused-ring (bicyclic) bond motifs is 1. The Kier molecular flexibility index (Phi) is 12.8. The third-order valence-corrected chi connectivity index (χ3v) is 6.27. The fourth-order valence-corrected chi connectivity index (χ4v) is 3.91. The molecule has 38 heavy (non-hydrogen) atoms. The van der Waals surface area contributed by atoms with Crippen LogP contribution in [0.4, 0.5) is 0 Å². The van der Waals surface area contributed by atoms with Crippen molar-refractivity contribution in [2.75, 3.05) is 27.7 Å². The molecule has 0 saturated carbocycles. The molecule has 0 aliphatic carbocycles. The predicted molar refractivity (Wildman–Crippen MR) is 157 cm³/mol. The Morgan fingerprint density at radius 2 is 1.53 bits per heavy atom. The molecule has 1 heterocycles. The fourth-order valence-electron chi connectivity index (χ4n) is 3.91. The topological polar surface area (TPSA) is 71.8 Å². The van der Waals surface area contributed by atoms with Gasteiger partial charge < -0.3 is 19.1 Å². The minimum absolute atomic E-state index is 0.0118. The lowest BCUT2D eigenvalue weighted by Gasteiger charge is -2.20. The summed E-state index contributed by atoms with van der Waals surface area (Å²) in [6.07, 6.45) is 0. The molecule has 0 radical (unpaired) electrons. The summed E-state index contributed by atoms with van der Waals surface area (Å²) in [5.41, 5.74) is 5.00. The van der Waals surface area contributed by atoms with E-state index in [2.05, 4.69) is 42.7 Å². The molecule has 0 saturated heterocycles. The van der Waals surface area contributed by atoms with Crippen molar-refractivity contribution in [2.24, 2.45) is 0 Å². The van der Waals surface area contributed by atoms with Gasteiger partial charge in [-0.25, -0.2) is 0 Å². The summed E-state index contributed by atoms with van der Waals surface area (Å²) < 4.78 is 7.89. The van der Waals surface area contributed by atoms with Gasteiger partial charge in [0.25, 0.3) is 5.91 Å². The van der Waals surface area contributed by atoms with Crippen LogP contribution < -0.4 is 4.74 Å². The molecule has 0 spiro atoms. The van der Waals surface area contributed by atoms with E-state index in [0.717, 1.165) is 40.0 Å². The van der Waals surface area contributed by atoms with Crippen LogP contribution in [0.3, 0.4) is 0 Å². The third kappa shape index (κ3) is 7.70. The largest absolute Gasteiger partial charge is 0.494 e. The van der Waals surface area contributed by atoms with Crippen molar-refractivity contribution in [3.8, 4) is 17.0 Å². The van der Waals surface area contributed by atoms with Crippen LogP contribution in [0.2, 0.25) is 0 Å². The Labute approximate surface area is 228 Å². The van der Waals surface area contributed by atoms with Gasteiger partial charge in [0.15, 0.2) is 5.78 Å². The van der Waals surface area contributed by atoms with Gasteiger partial charge in [-0.2, -0.15) is 0 Å². The number of hydrogen-bond donors (Lipinski definition) is 0. The van der Waals surface area contributed by atoms with E-state index in [4.69, 9.17) is 4.74 Å². The molecule has 2 aromatic carbocycles. The van der Waals surface area contributed by atoms with E-state index in [1.165, 1.54) is 24.3 Å². The number of benzene rings is 2. The maximum atomic E-state index is 13.0.